The molecule has 0 bridgehead atoms. The molecule has 1 saturated heterocycles. The summed E-state index contributed by atoms with van der Waals surface area (Å²) >= 11 is 0. The van der Waals surface area contributed by atoms with E-state index < -0.39 is 11.7 Å². The molecule has 7 heteroatoms. The molecule has 1 atom stereocenters. The zero-order chi connectivity index (χ0) is 20.4. The van der Waals surface area contributed by atoms with Crippen LogP contribution in [0.25, 0.3) is 5.52 Å². The van der Waals surface area contributed by atoms with Crippen LogP contribution in [0.5, 0.6) is 0 Å². The van der Waals surface area contributed by atoms with Gasteiger partial charge < -0.3 is 4.90 Å². The summed E-state index contributed by atoms with van der Waals surface area (Å²) in [5.74, 6) is 0.249. The minimum absolute atomic E-state index is 0.0324. The van der Waals surface area contributed by atoms with Gasteiger partial charge in [-0.1, -0.05) is 24.3 Å². The van der Waals surface area contributed by atoms with Gasteiger partial charge in [0, 0.05) is 19.3 Å². The molecule has 1 amide bonds. The van der Waals surface area contributed by atoms with E-state index in [1.165, 1.54) is 12.1 Å². The molecule has 3 aromatic rings. The lowest BCUT2D eigenvalue weighted by Crippen LogP contribution is -2.40. The van der Waals surface area contributed by atoms with Crippen LogP contribution in [0.15, 0.2) is 54.9 Å². The lowest BCUT2D eigenvalue weighted by Gasteiger charge is -2.32. The van der Waals surface area contributed by atoms with Crippen molar-refractivity contribution in [1.29, 1.82) is 0 Å². The number of aromatic nitrogens is 2. The third-order valence-corrected chi connectivity index (χ3v) is 5.56. The molecule has 0 unspecified atom stereocenters. The van der Waals surface area contributed by atoms with Crippen molar-refractivity contribution in [2.45, 2.75) is 31.9 Å². The minimum atomic E-state index is -4.32. The number of piperidine rings is 1. The van der Waals surface area contributed by atoms with Crippen LogP contribution in [0.4, 0.5) is 13.2 Å². The van der Waals surface area contributed by atoms with E-state index in [-0.39, 0.29) is 11.8 Å². The topological polar surface area (TPSA) is 37.6 Å². The molecule has 0 aliphatic carbocycles. The number of carbonyl (C=O) groups excluding carboxylic acids is 1. The molecule has 29 heavy (non-hydrogen) atoms. The molecule has 1 aliphatic heterocycles. The average Bonchev–Trinajstić information content (AvgIpc) is 3.16. The van der Waals surface area contributed by atoms with E-state index in [1.54, 1.807) is 23.0 Å². The Labute approximate surface area is 166 Å². The monoisotopic (exact) mass is 401 g/mol. The van der Waals surface area contributed by atoms with Gasteiger partial charge in [0.1, 0.15) is 0 Å². The normalized spacial score (nSPS) is 17.6. The number of benzene rings is 1. The maximum absolute atomic E-state index is 13.0. The summed E-state index contributed by atoms with van der Waals surface area (Å²) in [6.45, 7) is 1.32. The lowest BCUT2D eigenvalue weighted by atomic mass is 9.91. The predicted octanol–water partition coefficient (Wildman–Crippen LogP) is 4.84. The maximum Gasteiger partial charge on any atom is 0.416 e. The number of pyridine rings is 1. The number of aryl methyl sites for hydroxylation is 1. The third-order valence-electron chi connectivity index (χ3n) is 5.56. The molecule has 0 N–H and O–H groups in total. The SMILES string of the molecule is O=C(c1cnn2ccccc12)N1CCC[C@H](CCc2cccc(C(F)(F)F)c2)C1. The molecule has 2 aromatic heterocycles. The number of halogens is 3. The Morgan fingerprint density at radius 3 is 2.86 bits per heavy atom. The second-order valence-electron chi connectivity index (χ2n) is 7.58. The highest BCUT2D eigenvalue weighted by Gasteiger charge is 2.30. The molecular weight excluding hydrogens is 379 g/mol. The van der Waals surface area contributed by atoms with Crippen LogP contribution in [0.2, 0.25) is 0 Å². The van der Waals surface area contributed by atoms with Crippen molar-refractivity contribution in [3.05, 3.63) is 71.5 Å². The molecular formula is C22H22F3N3O. The first-order valence-corrected chi connectivity index (χ1v) is 9.79. The van der Waals surface area contributed by atoms with Gasteiger partial charge in [-0.2, -0.15) is 18.3 Å². The molecule has 4 rings (SSSR count). The number of carbonyl (C=O) groups is 1. The lowest BCUT2D eigenvalue weighted by molar-refractivity contribution is -0.137. The van der Waals surface area contributed by atoms with Crippen molar-refractivity contribution in [2.75, 3.05) is 13.1 Å². The Kier molecular flexibility index (Phi) is 5.30. The first-order valence-electron chi connectivity index (χ1n) is 9.79. The van der Waals surface area contributed by atoms with E-state index >= 15 is 0 Å². The van der Waals surface area contributed by atoms with Crippen molar-refractivity contribution < 1.29 is 18.0 Å². The first-order chi connectivity index (χ1) is 13.9. The number of amides is 1. The van der Waals surface area contributed by atoms with Crippen LogP contribution in [0.3, 0.4) is 0 Å². The van der Waals surface area contributed by atoms with Gasteiger partial charge >= 0.3 is 6.18 Å². The molecule has 4 nitrogen and oxygen atoms in total. The molecule has 1 aromatic carbocycles. The van der Waals surface area contributed by atoms with Crippen LogP contribution < -0.4 is 0 Å². The Hall–Kier alpha value is -2.83. The summed E-state index contributed by atoms with van der Waals surface area (Å²) in [6, 6.07) is 11.1. The van der Waals surface area contributed by atoms with Gasteiger partial charge in [-0.25, -0.2) is 4.52 Å². The summed E-state index contributed by atoms with van der Waals surface area (Å²) in [5, 5.41) is 4.23. The molecule has 3 heterocycles. The van der Waals surface area contributed by atoms with Gasteiger partial charge in [-0.05, 0) is 55.4 Å². The molecule has 152 valence electrons. The summed E-state index contributed by atoms with van der Waals surface area (Å²) in [4.78, 5) is 14.8. The first kappa shape index (κ1) is 19.5. The van der Waals surface area contributed by atoms with Crippen molar-refractivity contribution in [2.24, 2.45) is 5.92 Å². The average molecular weight is 401 g/mol. The fraction of sp³-hybridized carbons (Fsp3) is 0.364. The second kappa shape index (κ2) is 7.89. The van der Waals surface area contributed by atoms with E-state index in [0.29, 0.717) is 30.6 Å². The van der Waals surface area contributed by atoms with E-state index in [0.717, 1.165) is 30.8 Å². The number of likely N-dealkylation sites (tertiary alicyclic amines) is 1. The van der Waals surface area contributed by atoms with Crippen molar-refractivity contribution >= 4 is 11.4 Å². The third kappa shape index (κ3) is 4.28. The van der Waals surface area contributed by atoms with E-state index in [1.807, 2.05) is 23.1 Å². The van der Waals surface area contributed by atoms with Gasteiger partial charge in [0.2, 0.25) is 0 Å². The fourth-order valence-corrected chi connectivity index (χ4v) is 4.03. The smallest absolute Gasteiger partial charge is 0.338 e. The maximum atomic E-state index is 13.0. The van der Waals surface area contributed by atoms with Crippen LogP contribution in [-0.4, -0.2) is 33.5 Å². The number of nitrogens with zero attached hydrogens (tertiary/aromatic N) is 3. The molecule has 1 fully saturated rings. The van der Waals surface area contributed by atoms with E-state index in [9.17, 15) is 18.0 Å². The van der Waals surface area contributed by atoms with Crippen LogP contribution in [0.1, 0.15) is 40.7 Å². The predicted molar refractivity (Wildman–Crippen MR) is 104 cm³/mol. The summed E-state index contributed by atoms with van der Waals surface area (Å²) in [7, 11) is 0. The Morgan fingerprint density at radius 1 is 1.17 bits per heavy atom. The molecule has 1 aliphatic rings. The summed E-state index contributed by atoms with van der Waals surface area (Å²) < 4.78 is 40.4. The Bertz CT molecular complexity index is 1010. The van der Waals surface area contributed by atoms with Crippen LogP contribution in [0, 0.1) is 5.92 Å². The zero-order valence-corrected chi connectivity index (χ0v) is 15.9. The largest absolute Gasteiger partial charge is 0.416 e. The van der Waals surface area contributed by atoms with Crippen LogP contribution >= 0.6 is 0 Å². The highest BCUT2D eigenvalue weighted by Crippen LogP contribution is 2.30. The van der Waals surface area contributed by atoms with Crippen molar-refractivity contribution in [3.63, 3.8) is 0 Å². The van der Waals surface area contributed by atoms with E-state index in [2.05, 4.69) is 5.10 Å². The van der Waals surface area contributed by atoms with Crippen molar-refractivity contribution in [1.82, 2.24) is 14.5 Å². The fourth-order valence-electron chi connectivity index (χ4n) is 4.03. The summed E-state index contributed by atoms with van der Waals surface area (Å²) in [5.41, 5.74) is 1.45. The summed E-state index contributed by atoms with van der Waals surface area (Å²) in [6.07, 6.45) is 2.31. The van der Waals surface area contributed by atoms with Crippen molar-refractivity contribution in [3.8, 4) is 0 Å². The van der Waals surface area contributed by atoms with Gasteiger partial charge in [0.15, 0.2) is 0 Å². The molecule has 0 radical (unpaired) electrons. The number of rotatable bonds is 4. The molecule has 0 saturated carbocycles. The van der Waals surface area contributed by atoms with Gasteiger partial charge in [-0.3, -0.25) is 4.79 Å². The Morgan fingerprint density at radius 2 is 2.03 bits per heavy atom. The quantitative estimate of drug-likeness (QED) is 0.628. The number of alkyl halides is 3. The van der Waals surface area contributed by atoms with Gasteiger partial charge in [-0.15, -0.1) is 0 Å². The number of hydrogen-bond donors (Lipinski definition) is 0. The zero-order valence-electron chi connectivity index (χ0n) is 15.9. The van der Waals surface area contributed by atoms with Gasteiger partial charge in [0.25, 0.3) is 5.91 Å². The molecule has 0 spiro atoms. The van der Waals surface area contributed by atoms with E-state index in [4.69, 9.17) is 0 Å². The second-order valence-corrected chi connectivity index (χ2v) is 7.58. The van der Waals surface area contributed by atoms with Crippen LogP contribution in [-0.2, 0) is 12.6 Å². The number of fused-ring (bicyclic) bond motifs is 1. The highest BCUT2D eigenvalue weighted by atomic mass is 19.4. The minimum Gasteiger partial charge on any atom is -0.338 e. The highest BCUT2D eigenvalue weighted by molar-refractivity contribution is 6.00. The number of hydrogen-bond acceptors (Lipinski definition) is 2. The standard InChI is InChI=1S/C22H22F3N3O/c23-22(24,25)18-7-3-5-16(13-18)9-10-17-6-4-11-27(15-17)21(29)19-14-26-28-12-2-1-8-20(19)28/h1-3,5,7-8,12-14,17H,4,6,9-11,15H2/t17-/m1/s1. The van der Waals surface area contributed by atoms with Gasteiger partial charge in [0.05, 0.1) is 22.8 Å². The Balaban J connectivity index is 1.40.